The highest BCUT2D eigenvalue weighted by atomic mass is 35.5. The van der Waals surface area contributed by atoms with Crippen LogP contribution in [-0.2, 0) is 4.79 Å². The van der Waals surface area contributed by atoms with Crippen molar-refractivity contribution in [2.45, 2.75) is 6.92 Å². The van der Waals surface area contributed by atoms with Crippen molar-refractivity contribution >= 4 is 57.9 Å². The highest BCUT2D eigenvalue weighted by molar-refractivity contribution is 8.19. The Kier molecular flexibility index (Phi) is 6.90. The van der Waals surface area contributed by atoms with Gasteiger partial charge in [-0.15, -0.1) is 0 Å². The number of carbonyl (C=O) groups is 2. The summed E-state index contributed by atoms with van der Waals surface area (Å²) in [5.41, 5.74) is 1.08. The van der Waals surface area contributed by atoms with E-state index in [2.05, 4.69) is 6.58 Å². The van der Waals surface area contributed by atoms with Gasteiger partial charge in [-0.25, -0.2) is 4.90 Å². The summed E-state index contributed by atoms with van der Waals surface area (Å²) in [4.78, 5) is 26.6. The van der Waals surface area contributed by atoms with Gasteiger partial charge in [0.25, 0.3) is 11.1 Å². The number of anilines is 1. The van der Waals surface area contributed by atoms with Gasteiger partial charge in [-0.1, -0.05) is 35.9 Å². The van der Waals surface area contributed by atoms with E-state index in [0.717, 1.165) is 16.7 Å². The first-order chi connectivity index (χ1) is 13.9. The smallest absolute Gasteiger partial charge is 0.298 e. The number of ether oxygens (including phenoxy) is 2. The summed E-state index contributed by atoms with van der Waals surface area (Å²) >= 11 is 13.1. The second kappa shape index (κ2) is 9.39. The van der Waals surface area contributed by atoms with E-state index < -0.39 is 5.91 Å². The number of imide groups is 1. The summed E-state index contributed by atoms with van der Waals surface area (Å²) in [6.45, 7) is 6.15. The van der Waals surface area contributed by atoms with Crippen LogP contribution >= 0.6 is 35.0 Å². The number of thioether (sulfide) groups is 1. The summed E-state index contributed by atoms with van der Waals surface area (Å²) in [6.07, 6.45) is 3.21. The summed E-state index contributed by atoms with van der Waals surface area (Å²) in [6, 6.07) is 9.86. The topological polar surface area (TPSA) is 55.8 Å². The number of amides is 2. The maximum absolute atomic E-state index is 12.8. The Morgan fingerprint density at radius 1 is 1.14 bits per heavy atom. The molecule has 0 radical (unpaired) electrons. The molecular weight excluding hydrogens is 433 g/mol. The minimum Gasteiger partial charge on any atom is -0.490 e. The fourth-order valence-corrected chi connectivity index (χ4v) is 3.89. The molecule has 0 saturated carbocycles. The van der Waals surface area contributed by atoms with Gasteiger partial charge in [0, 0.05) is 5.02 Å². The normalized spacial score (nSPS) is 15.1. The number of hydrogen-bond donors (Lipinski definition) is 0. The molecule has 0 spiro atoms. The molecule has 8 heteroatoms. The zero-order chi connectivity index (χ0) is 21.0. The van der Waals surface area contributed by atoms with E-state index in [1.165, 1.54) is 0 Å². The fraction of sp³-hybridized carbons (Fsp3) is 0.143. The van der Waals surface area contributed by atoms with Crippen molar-refractivity contribution in [1.29, 1.82) is 0 Å². The van der Waals surface area contributed by atoms with E-state index in [9.17, 15) is 9.59 Å². The number of rotatable bonds is 7. The van der Waals surface area contributed by atoms with Crippen molar-refractivity contribution in [3.8, 4) is 11.5 Å². The van der Waals surface area contributed by atoms with E-state index in [0.29, 0.717) is 39.4 Å². The van der Waals surface area contributed by atoms with Crippen LogP contribution in [0.3, 0.4) is 0 Å². The van der Waals surface area contributed by atoms with Gasteiger partial charge < -0.3 is 9.47 Å². The molecule has 150 valence electrons. The number of benzene rings is 2. The number of carbonyl (C=O) groups excluding carboxylic acids is 2. The highest BCUT2D eigenvalue weighted by Gasteiger charge is 2.36. The standard InChI is InChI=1S/C21H17Cl2NO4S/c1-3-9-28-19-16(23)10-13(11-17(19)27-4-2)12-18-20(25)24(21(26)29-18)15-7-5-14(22)6-8-15/h3,5-8,10-12H,1,4,9H2,2H3. The predicted molar refractivity (Wildman–Crippen MR) is 118 cm³/mol. The molecule has 3 rings (SSSR count). The van der Waals surface area contributed by atoms with Crippen molar-refractivity contribution in [2.75, 3.05) is 18.1 Å². The average Bonchev–Trinajstić information content (AvgIpc) is 2.95. The first-order valence-corrected chi connectivity index (χ1v) is 10.3. The highest BCUT2D eigenvalue weighted by Crippen LogP contribution is 2.40. The lowest BCUT2D eigenvalue weighted by Crippen LogP contribution is -2.27. The maximum Gasteiger partial charge on any atom is 0.298 e. The Morgan fingerprint density at radius 2 is 1.86 bits per heavy atom. The Labute approximate surface area is 182 Å². The minimum atomic E-state index is -0.414. The third-order valence-electron chi connectivity index (χ3n) is 3.85. The average molecular weight is 450 g/mol. The summed E-state index contributed by atoms with van der Waals surface area (Å²) < 4.78 is 11.2. The van der Waals surface area contributed by atoms with Gasteiger partial charge in [0.15, 0.2) is 11.5 Å². The zero-order valence-electron chi connectivity index (χ0n) is 15.5. The van der Waals surface area contributed by atoms with Crippen LogP contribution in [0.25, 0.3) is 6.08 Å². The van der Waals surface area contributed by atoms with E-state index in [-0.39, 0.29) is 16.8 Å². The lowest BCUT2D eigenvalue weighted by molar-refractivity contribution is -0.113. The molecule has 1 aliphatic heterocycles. The SMILES string of the molecule is C=CCOc1c(Cl)cc(C=C2SC(=O)N(c3ccc(Cl)cc3)C2=O)cc1OCC. The molecule has 1 aliphatic rings. The van der Waals surface area contributed by atoms with Crippen molar-refractivity contribution in [3.63, 3.8) is 0 Å². The molecule has 1 heterocycles. The van der Waals surface area contributed by atoms with E-state index >= 15 is 0 Å². The fourth-order valence-electron chi connectivity index (χ4n) is 2.65. The van der Waals surface area contributed by atoms with Crippen LogP contribution in [0, 0.1) is 0 Å². The Morgan fingerprint density at radius 3 is 2.52 bits per heavy atom. The summed E-state index contributed by atoms with van der Waals surface area (Å²) in [7, 11) is 0. The van der Waals surface area contributed by atoms with Crippen molar-refractivity contribution in [2.24, 2.45) is 0 Å². The molecule has 0 unspecified atom stereocenters. The van der Waals surface area contributed by atoms with Crippen LogP contribution in [0.1, 0.15) is 12.5 Å². The van der Waals surface area contributed by atoms with Crippen LogP contribution in [0.15, 0.2) is 54.0 Å². The molecule has 2 aromatic rings. The van der Waals surface area contributed by atoms with Crippen molar-refractivity contribution in [3.05, 3.63) is 69.6 Å². The van der Waals surface area contributed by atoms with E-state index in [1.807, 2.05) is 6.92 Å². The number of hydrogen-bond acceptors (Lipinski definition) is 5. The largest absolute Gasteiger partial charge is 0.490 e. The second-order valence-electron chi connectivity index (χ2n) is 5.86. The number of halogens is 2. The Hall–Kier alpha value is -2.41. The first kappa shape index (κ1) is 21.3. The van der Waals surface area contributed by atoms with Crippen LogP contribution in [-0.4, -0.2) is 24.4 Å². The molecule has 1 saturated heterocycles. The minimum absolute atomic E-state index is 0.277. The predicted octanol–water partition coefficient (Wildman–Crippen LogP) is 6.20. The van der Waals surface area contributed by atoms with Gasteiger partial charge in [0.1, 0.15) is 6.61 Å². The molecule has 5 nitrogen and oxygen atoms in total. The van der Waals surface area contributed by atoms with Gasteiger partial charge in [-0.3, -0.25) is 9.59 Å². The molecular formula is C21H17Cl2NO4S. The maximum atomic E-state index is 12.8. The van der Waals surface area contributed by atoms with Gasteiger partial charge in [0.2, 0.25) is 0 Å². The Bertz CT molecular complexity index is 989. The molecule has 1 fully saturated rings. The lowest BCUT2D eigenvalue weighted by Gasteiger charge is -2.14. The first-order valence-electron chi connectivity index (χ1n) is 8.68. The third-order valence-corrected chi connectivity index (χ3v) is 5.26. The molecule has 0 aliphatic carbocycles. The lowest BCUT2D eigenvalue weighted by atomic mass is 10.1. The van der Waals surface area contributed by atoms with Crippen LogP contribution in [0.5, 0.6) is 11.5 Å². The molecule has 0 aromatic heterocycles. The van der Waals surface area contributed by atoms with Crippen LogP contribution in [0.2, 0.25) is 10.0 Å². The quantitative estimate of drug-likeness (QED) is 0.372. The monoisotopic (exact) mass is 449 g/mol. The molecule has 0 bridgehead atoms. The van der Waals surface area contributed by atoms with E-state index in [1.54, 1.807) is 48.6 Å². The third kappa shape index (κ3) is 4.78. The van der Waals surface area contributed by atoms with Crippen LogP contribution in [0.4, 0.5) is 10.5 Å². The molecule has 0 N–H and O–H groups in total. The zero-order valence-corrected chi connectivity index (χ0v) is 17.8. The molecule has 0 atom stereocenters. The number of nitrogens with zero attached hydrogens (tertiary/aromatic N) is 1. The van der Waals surface area contributed by atoms with Crippen molar-refractivity contribution < 1.29 is 19.1 Å². The van der Waals surface area contributed by atoms with Crippen LogP contribution < -0.4 is 14.4 Å². The van der Waals surface area contributed by atoms with Gasteiger partial charge in [0.05, 0.1) is 22.2 Å². The van der Waals surface area contributed by atoms with Gasteiger partial charge in [-0.2, -0.15) is 0 Å². The van der Waals surface area contributed by atoms with Gasteiger partial charge >= 0.3 is 0 Å². The Balaban J connectivity index is 1.93. The summed E-state index contributed by atoms with van der Waals surface area (Å²) in [5.74, 6) is 0.438. The van der Waals surface area contributed by atoms with Gasteiger partial charge in [-0.05, 0) is 66.7 Å². The summed E-state index contributed by atoms with van der Waals surface area (Å²) in [5, 5.41) is 0.472. The molecule has 29 heavy (non-hydrogen) atoms. The molecule has 2 aromatic carbocycles. The van der Waals surface area contributed by atoms with Crippen molar-refractivity contribution in [1.82, 2.24) is 0 Å². The van der Waals surface area contributed by atoms with E-state index in [4.69, 9.17) is 32.7 Å². The molecule has 2 amide bonds. The second-order valence-corrected chi connectivity index (χ2v) is 7.69.